The summed E-state index contributed by atoms with van der Waals surface area (Å²) in [5.74, 6) is -0.361. The fourth-order valence-electron chi connectivity index (χ4n) is 3.17. The van der Waals surface area contributed by atoms with Crippen molar-refractivity contribution < 1.29 is 160 Å². The van der Waals surface area contributed by atoms with Gasteiger partial charge in [0, 0.05) is 42.9 Å². The van der Waals surface area contributed by atoms with Gasteiger partial charge in [0.1, 0.15) is 10.1 Å². The standard InChI is InChI=1S/C24H23N2O5S.2Cs/c1-16(27)17-5-7-19(8-6-17)24(28)26(4)20-11-9-18(10-12-20)22-14-13-21(25(2)3)15-23(22)32(29,30)31;;/h5-9,11-15H,1-4H3,(H,29,30,31);;/q-1;2*+1/p-1. The molecule has 0 atom stereocenters. The number of rotatable bonds is 6. The van der Waals surface area contributed by atoms with Crippen molar-refractivity contribution in [2.24, 2.45) is 0 Å². The van der Waals surface area contributed by atoms with Crippen LogP contribution < -0.4 is 148 Å². The molecule has 7 nitrogen and oxygen atoms in total. The third-order valence-corrected chi connectivity index (χ3v) is 5.94. The second-order valence-corrected chi connectivity index (χ2v) is 8.84. The van der Waals surface area contributed by atoms with Crippen LogP contribution in [-0.2, 0) is 10.1 Å². The predicted octanol–water partition coefficient (Wildman–Crippen LogP) is -2.39. The van der Waals surface area contributed by atoms with E-state index in [0.717, 1.165) is 0 Å². The molecule has 0 unspecified atom stereocenters. The molecule has 3 aromatic rings. The minimum absolute atomic E-state index is 0. The summed E-state index contributed by atoms with van der Waals surface area (Å²) in [5.41, 5.74) is 2.71. The van der Waals surface area contributed by atoms with Gasteiger partial charge in [-0.15, -0.1) is 29.8 Å². The van der Waals surface area contributed by atoms with E-state index in [1.165, 1.54) is 17.9 Å². The number of amides is 1. The summed E-state index contributed by atoms with van der Waals surface area (Å²) >= 11 is 0. The first-order chi connectivity index (χ1) is 15.0. The van der Waals surface area contributed by atoms with Gasteiger partial charge in [-0.3, -0.25) is 9.59 Å². The molecular formula is C24H22Cs2N2O5S. The zero-order valence-corrected chi connectivity index (χ0v) is 33.5. The molecule has 0 aliphatic heterocycles. The normalized spacial score (nSPS) is 10.5. The van der Waals surface area contributed by atoms with E-state index in [-0.39, 0.29) is 160 Å². The Morgan fingerprint density at radius 3 is 1.88 bits per heavy atom. The monoisotopic (exact) mass is 716 g/mol. The van der Waals surface area contributed by atoms with Gasteiger partial charge in [-0.05, 0) is 36.9 Å². The Morgan fingerprint density at radius 2 is 1.41 bits per heavy atom. The summed E-state index contributed by atoms with van der Waals surface area (Å²) < 4.78 is 35.5. The second kappa shape index (κ2) is 14.0. The van der Waals surface area contributed by atoms with Crippen molar-refractivity contribution in [3.8, 4) is 11.1 Å². The smallest absolute Gasteiger partial charge is 0.745 e. The van der Waals surface area contributed by atoms with Crippen molar-refractivity contribution in [2.75, 3.05) is 30.9 Å². The molecule has 3 rings (SSSR count). The molecule has 0 spiro atoms. The average Bonchev–Trinajstić information content (AvgIpc) is 2.77. The number of Topliss-reactive ketones (excluding diaryl/α,β-unsaturated/α-hetero) is 1. The molecule has 0 saturated carbocycles. The number of hydrogen-bond acceptors (Lipinski definition) is 6. The number of hydrogen-bond donors (Lipinski definition) is 0. The van der Waals surface area contributed by atoms with Gasteiger partial charge < -0.3 is 14.4 Å². The predicted molar refractivity (Wildman–Crippen MR) is 122 cm³/mol. The van der Waals surface area contributed by atoms with Crippen LogP contribution in [0.25, 0.3) is 11.1 Å². The Kier molecular flexibility index (Phi) is 13.4. The molecular weight excluding hydrogens is 694 g/mol. The molecule has 1 amide bonds. The largest absolute Gasteiger partial charge is 1.00 e. The molecule has 0 saturated heterocycles. The number of carbonyl (C=O) groups is 2. The SMILES string of the molecule is CC(=O)c1ccc(C(=O)N(C)c2c[c-]c(-c3ccc(N(C)C)cc3S(=O)(=O)[O-])cc2)cc1.[Cs+].[Cs+]. The van der Waals surface area contributed by atoms with Crippen LogP contribution in [0, 0.1) is 6.07 Å². The van der Waals surface area contributed by atoms with Crippen molar-refractivity contribution in [1.82, 2.24) is 0 Å². The van der Waals surface area contributed by atoms with Gasteiger partial charge >= 0.3 is 138 Å². The van der Waals surface area contributed by atoms with Gasteiger partial charge in [0.2, 0.25) is 5.91 Å². The second-order valence-electron chi connectivity index (χ2n) is 7.49. The van der Waals surface area contributed by atoms with E-state index in [9.17, 15) is 22.6 Å². The van der Waals surface area contributed by atoms with E-state index in [4.69, 9.17) is 0 Å². The minimum Gasteiger partial charge on any atom is -0.745 e. The molecule has 10 heteroatoms. The van der Waals surface area contributed by atoms with Crippen LogP contribution in [-0.4, -0.2) is 45.8 Å². The summed E-state index contributed by atoms with van der Waals surface area (Å²) in [6, 6.07) is 18.8. The fourth-order valence-corrected chi connectivity index (χ4v) is 3.88. The quantitative estimate of drug-likeness (QED) is 0.161. The maximum atomic E-state index is 12.8. The van der Waals surface area contributed by atoms with Gasteiger partial charge in [-0.2, -0.15) is 0 Å². The van der Waals surface area contributed by atoms with Crippen molar-refractivity contribution in [3.05, 3.63) is 77.9 Å². The maximum absolute atomic E-state index is 12.8. The van der Waals surface area contributed by atoms with E-state index < -0.39 is 10.1 Å². The number of carbonyl (C=O) groups excluding carboxylic acids is 2. The van der Waals surface area contributed by atoms with Crippen molar-refractivity contribution in [2.45, 2.75) is 11.8 Å². The number of nitrogens with zero attached hydrogens (tertiary/aromatic N) is 2. The number of ketones is 1. The molecule has 0 N–H and O–H groups in total. The third kappa shape index (κ3) is 8.05. The van der Waals surface area contributed by atoms with E-state index in [1.54, 1.807) is 80.6 Å². The van der Waals surface area contributed by atoms with Gasteiger partial charge in [0.15, 0.2) is 5.78 Å². The fraction of sp³-hybridized carbons (Fsp3) is 0.167. The van der Waals surface area contributed by atoms with Crippen LogP contribution in [0.5, 0.6) is 0 Å². The van der Waals surface area contributed by atoms with Crippen molar-refractivity contribution in [1.29, 1.82) is 0 Å². The van der Waals surface area contributed by atoms with Gasteiger partial charge in [0.25, 0.3) is 0 Å². The molecule has 3 aromatic carbocycles. The molecule has 166 valence electrons. The Morgan fingerprint density at radius 1 is 0.853 bits per heavy atom. The van der Waals surface area contributed by atoms with E-state index >= 15 is 0 Å². The summed E-state index contributed by atoms with van der Waals surface area (Å²) in [4.78, 5) is 27.0. The Labute approximate surface area is 318 Å². The minimum atomic E-state index is -4.71. The van der Waals surface area contributed by atoms with Gasteiger partial charge in [-0.1, -0.05) is 23.8 Å². The van der Waals surface area contributed by atoms with Gasteiger partial charge in [0.05, 0.1) is 0 Å². The average molecular weight is 716 g/mol. The van der Waals surface area contributed by atoms with Crippen LogP contribution in [0.4, 0.5) is 11.4 Å². The molecule has 0 bridgehead atoms. The molecule has 0 radical (unpaired) electrons. The van der Waals surface area contributed by atoms with Crippen molar-refractivity contribution >= 4 is 33.2 Å². The molecule has 0 aromatic heterocycles. The van der Waals surface area contributed by atoms with E-state index in [1.807, 2.05) is 0 Å². The van der Waals surface area contributed by atoms with E-state index in [0.29, 0.717) is 28.1 Å². The molecule has 0 aliphatic rings. The molecule has 0 fully saturated rings. The first-order valence-corrected chi connectivity index (χ1v) is 11.1. The first kappa shape index (κ1) is 32.6. The Balaban J connectivity index is 0.00000289. The number of anilines is 2. The van der Waals surface area contributed by atoms with Crippen LogP contribution >= 0.6 is 0 Å². The number of benzene rings is 3. The summed E-state index contributed by atoms with van der Waals surface area (Å²) in [5, 5.41) is 0. The summed E-state index contributed by atoms with van der Waals surface area (Å²) in [6.07, 6.45) is 0. The topological polar surface area (TPSA) is 97.8 Å². The third-order valence-electron chi connectivity index (χ3n) is 5.07. The summed E-state index contributed by atoms with van der Waals surface area (Å²) in [7, 11) is 0.387. The van der Waals surface area contributed by atoms with Crippen LogP contribution in [0.15, 0.2) is 65.6 Å². The van der Waals surface area contributed by atoms with Crippen LogP contribution in [0.1, 0.15) is 27.6 Å². The van der Waals surface area contributed by atoms with Crippen LogP contribution in [0.2, 0.25) is 0 Å². The molecule has 0 aliphatic carbocycles. The zero-order valence-electron chi connectivity index (χ0n) is 20.1. The van der Waals surface area contributed by atoms with Crippen molar-refractivity contribution in [3.63, 3.8) is 0 Å². The first-order valence-electron chi connectivity index (χ1n) is 9.67. The zero-order chi connectivity index (χ0) is 23.6. The maximum Gasteiger partial charge on any atom is 1.00 e. The molecule has 34 heavy (non-hydrogen) atoms. The van der Waals surface area contributed by atoms with Gasteiger partial charge in [-0.25, -0.2) is 8.42 Å². The molecule has 0 heterocycles. The summed E-state index contributed by atoms with van der Waals surface area (Å²) in [6.45, 7) is 1.46. The van der Waals surface area contributed by atoms with Crippen LogP contribution in [0.3, 0.4) is 0 Å². The Hall–Kier alpha value is 0.614. The van der Waals surface area contributed by atoms with E-state index in [2.05, 4.69) is 6.07 Å². The Bertz CT molecular complexity index is 1280.